The van der Waals surface area contributed by atoms with E-state index in [1.165, 1.54) is 5.56 Å². The predicted octanol–water partition coefficient (Wildman–Crippen LogP) is 7.32. The van der Waals surface area contributed by atoms with Gasteiger partial charge in [-0.3, -0.25) is 4.79 Å². The van der Waals surface area contributed by atoms with Gasteiger partial charge in [0.2, 0.25) is 0 Å². The van der Waals surface area contributed by atoms with Gasteiger partial charge in [0.05, 0.1) is 27.5 Å². The van der Waals surface area contributed by atoms with Crippen LogP contribution in [0.3, 0.4) is 0 Å². The van der Waals surface area contributed by atoms with Crippen molar-refractivity contribution in [1.29, 1.82) is 0 Å². The maximum atomic E-state index is 13.3. The standard InChI is InChI=1S/C27H23Cl2N3O/c1-3-17-11-13-18(14-12-17)25-16-22(21-9-6-10-23(29)26(21)30-25)27(33)32-31-24(4-2)19-7-5-8-20(28)15-19/h5-16H,3-4H2,1-2H3,(H,32,33)/b31-24-. The molecule has 0 saturated heterocycles. The van der Waals surface area contributed by atoms with Gasteiger partial charge in [-0.2, -0.15) is 5.10 Å². The number of rotatable bonds is 6. The van der Waals surface area contributed by atoms with E-state index in [0.29, 0.717) is 38.6 Å². The number of nitrogens with zero attached hydrogens (tertiary/aromatic N) is 2. The molecule has 1 N–H and O–H groups in total. The maximum Gasteiger partial charge on any atom is 0.272 e. The van der Waals surface area contributed by atoms with E-state index in [4.69, 9.17) is 28.2 Å². The van der Waals surface area contributed by atoms with Crippen molar-refractivity contribution in [2.24, 2.45) is 5.10 Å². The molecule has 1 heterocycles. The lowest BCUT2D eigenvalue weighted by molar-refractivity contribution is 0.0956. The molecule has 0 spiro atoms. The van der Waals surface area contributed by atoms with E-state index in [0.717, 1.165) is 23.3 Å². The topological polar surface area (TPSA) is 54.4 Å². The Morgan fingerprint density at radius 2 is 1.73 bits per heavy atom. The van der Waals surface area contributed by atoms with Crippen LogP contribution >= 0.6 is 23.2 Å². The number of hydrazone groups is 1. The van der Waals surface area contributed by atoms with Crippen LogP contribution in [0.5, 0.6) is 0 Å². The monoisotopic (exact) mass is 475 g/mol. The molecule has 1 aromatic heterocycles. The highest BCUT2D eigenvalue weighted by Gasteiger charge is 2.16. The summed E-state index contributed by atoms with van der Waals surface area (Å²) in [6.45, 7) is 4.09. The van der Waals surface area contributed by atoms with Crippen LogP contribution in [0.2, 0.25) is 10.0 Å². The van der Waals surface area contributed by atoms with E-state index in [9.17, 15) is 4.79 Å². The summed E-state index contributed by atoms with van der Waals surface area (Å²) >= 11 is 12.6. The van der Waals surface area contributed by atoms with Gasteiger partial charge in [0.15, 0.2) is 0 Å². The van der Waals surface area contributed by atoms with Crippen LogP contribution in [0.15, 0.2) is 77.9 Å². The van der Waals surface area contributed by atoms with Crippen molar-refractivity contribution in [3.05, 3.63) is 99.5 Å². The molecule has 6 heteroatoms. The molecule has 0 aliphatic carbocycles. The molecule has 1 amide bonds. The molecule has 0 aliphatic rings. The van der Waals surface area contributed by atoms with Crippen molar-refractivity contribution in [2.45, 2.75) is 26.7 Å². The highest BCUT2D eigenvalue weighted by atomic mass is 35.5. The summed E-state index contributed by atoms with van der Waals surface area (Å²) in [6, 6.07) is 22.8. The van der Waals surface area contributed by atoms with Gasteiger partial charge in [-0.1, -0.05) is 85.6 Å². The number of benzene rings is 3. The zero-order chi connectivity index (χ0) is 23.4. The fourth-order valence-corrected chi connectivity index (χ4v) is 4.06. The van der Waals surface area contributed by atoms with Gasteiger partial charge in [0, 0.05) is 16.0 Å². The molecule has 0 radical (unpaired) electrons. The first-order valence-electron chi connectivity index (χ1n) is 10.8. The quantitative estimate of drug-likeness (QED) is 0.234. The highest BCUT2D eigenvalue weighted by molar-refractivity contribution is 6.35. The number of hydrogen-bond donors (Lipinski definition) is 1. The molecule has 33 heavy (non-hydrogen) atoms. The number of carbonyl (C=O) groups excluding carboxylic acids is 1. The Bertz CT molecular complexity index is 1350. The Morgan fingerprint density at radius 1 is 0.970 bits per heavy atom. The summed E-state index contributed by atoms with van der Waals surface area (Å²) in [7, 11) is 0. The van der Waals surface area contributed by atoms with Gasteiger partial charge < -0.3 is 0 Å². The molecule has 0 bridgehead atoms. The first-order valence-corrected chi connectivity index (χ1v) is 11.6. The van der Waals surface area contributed by atoms with Gasteiger partial charge in [0.1, 0.15) is 0 Å². The summed E-state index contributed by atoms with van der Waals surface area (Å²) in [4.78, 5) is 18.0. The summed E-state index contributed by atoms with van der Waals surface area (Å²) in [6.07, 6.45) is 1.59. The molecule has 4 rings (SSSR count). The number of amides is 1. The average Bonchev–Trinajstić information content (AvgIpc) is 2.84. The fourth-order valence-electron chi connectivity index (χ4n) is 3.65. The lowest BCUT2D eigenvalue weighted by Gasteiger charge is -2.11. The zero-order valence-electron chi connectivity index (χ0n) is 18.4. The smallest absolute Gasteiger partial charge is 0.267 e. The van der Waals surface area contributed by atoms with E-state index in [1.807, 2.05) is 49.4 Å². The summed E-state index contributed by atoms with van der Waals surface area (Å²) < 4.78 is 0. The predicted molar refractivity (Wildman–Crippen MR) is 137 cm³/mol. The Balaban J connectivity index is 1.75. The third-order valence-corrected chi connectivity index (χ3v) is 6.02. The number of halogens is 2. The van der Waals surface area contributed by atoms with Gasteiger partial charge >= 0.3 is 0 Å². The van der Waals surface area contributed by atoms with E-state index in [-0.39, 0.29) is 5.91 Å². The van der Waals surface area contributed by atoms with E-state index in [2.05, 4.69) is 29.6 Å². The number of aryl methyl sites for hydroxylation is 1. The lowest BCUT2D eigenvalue weighted by Crippen LogP contribution is -2.20. The number of fused-ring (bicyclic) bond motifs is 1. The molecule has 3 aromatic carbocycles. The van der Waals surface area contributed by atoms with E-state index < -0.39 is 0 Å². The lowest BCUT2D eigenvalue weighted by atomic mass is 10.0. The van der Waals surface area contributed by atoms with Crippen molar-refractivity contribution in [2.75, 3.05) is 0 Å². The second-order valence-electron chi connectivity index (χ2n) is 7.60. The Kier molecular flexibility index (Phi) is 7.07. The summed E-state index contributed by atoms with van der Waals surface area (Å²) in [5.41, 5.74) is 8.18. The third-order valence-electron chi connectivity index (χ3n) is 5.48. The Hall–Kier alpha value is -3.21. The minimum Gasteiger partial charge on any atom is -0.267 e. The van der Waals surface area contributed by atoms with Crippen LogP contribution in [0.4, 0.5) is 0 Å². The van der Waals surface area contributed by atoms with Crippen molar-refractivity contribution >= 4 is 45.7 Å². The number of nitrogens with one attached hydrogen (secondary N) is 1. The average molecular weight is 476 g/mol. The minimum atomic E-state index is -0.330. The normalized spacial score (nSPS) is 11.6. The number of para-hydroxylation sites is 1. The van der Waals surface area contributed by atoms with Crippen molar-refractivity contribution in [1.82, 2.24) is 10.4 Å². The number of pyridine rings is 1. The zero-order valence-corrected chi connectivity index (χ0v) is 19.9. The molecule has 0 aliphatic heterocycles. The van der Waals surface area contributed by atoms with E-state index >= 15 is 0 Å². The molecule has 0 saturated carbocycles. The van der Waals surface area contributed by atoms with Crippen molar-refractivity contribution < 1.29 is 4.79 Å². The molecule has 4 aromatic rings. The summed E-state index contributed by atoms with van der Waals surface area (Å²) in [5.74, 6) is -0.330. The van der Waals surface area contributed by atoms with Gasteiger partial charge in [0.25, 0.3) is 5.91 Å². The molecule has 0 unspecified atom stereocenters. The van der Waals surface area contributed by atoms with Crippen LogP contribution in [-0.2, 0) is 6.42 Å². The Morgan fingerprint density at radius 3 is 2.42 bits per heavy atom. The number of hydrogen-bond acceptors (Lipinski definition) is 3. The molecule has 4 nitrogen and oxygen atoms in total. The Labute approximate surface area is 203 Å². The van der Waals surface area contributed by atoms with Crippen molar-refractivity contribution in [3.8, 4) is 11.3 Å². The van der Waals surface area contributed by atoms with Crippen LogP contribution < -0.4 is 5.43 Å². The highest BCUT2D eigenvalue weighted by Crippen LogP contribution is 2.29. The second kappa shape index (κ2) is 10.2. The van der Waals surface area contributed by atoms with Crippen LogP contribution in [0, 0.1) is 0 Å². The number of carbonyl (C=O) groups is 1. The van der Waals surface area contributed by atoms with Crippen molar-refractivity contribution in [3.63, 3.8) is 0 Å². The largest absolute Gasteiger partial charge is 0.272 e. The second-order valence-corrected chi connectivity index (χ2v) is 8.45. The maximum absolute atomic E-state index is 13.3. The van der Waals surface area contributed by atoms with E-state index in [1.54, 1.807) is 18.2 Å². The van der Waals surface area contributed by atoms with Gasteiger partial charge in [-0.05, 0) is 48.2 Å². The van der Waals surface area contributed by atoms with Gasteiger partial charge in [-0.15, -0.1) is 0 Å². The third kappa shape index (κ3) is 5.08. The molecule has 166 valence electrons. The SMILES string of the molecule is CC/C(=N/NC(=O)c1cc(-c2ccc(CC)cc2)nc2c(Cl)cccc12)c1cccc(Cl)c1. The molecular weight excluding hydrogens is 453 g/mol. The summed E-state index contributed by atoms with van der Waals surface area (Å²) in [5, 5.41) is 6.17. The fraction of sp³-hybridized carbons (Fsp3) is 0.148. The van der Waals surface area contributed by atoms with Crippen LogP contribution in [0.25, 0.3) is 22.2 Å². The van der Waals surface area contributed by atoms with Gasteiger partial charge in [-0.25, -0.2) is 10.4 Å². The number of aromatic nitrogens is 1. The molecule has 0 fully saturated rings. The first kappa shape index (κ1) is 23.0. The van der Waals surface area contributed by atoms with Crippen LogP contribution in [-0.4, -0.2) is 16.6 Å². The molecule has 0 atom stereocenters. The first-order chi connectivity index (χ1) is 16.0. The molecular formula is C27H23Cl2N3O. The van der Waals surface area contributed by atoms with Crippen LogP contribution in [0.1, 0.15) is 41.8 Å². The minimum absolute atomic E-state index is 0.330.